The zero-order chi connectivity index (χ0) is 34.0. The van der Waals surface area contributed by atoms with E-state index in [-0.39, 0.29) is 27.4 Å². The second kappa shape index (κ2) is 14.3. The molecule has 2 aliphatic rings. The zero-order valence-corrected chi connectivity index (χ0v) is 28.1. The molecule has 47 heavy (non-hydrogen) atoms. The number of pyridine rings is 1. The topological polar surface area (TPSA) is 205 Å². The standard InChI is InChI=1S/C29H33ClN8O7S2/c1-14(2)22(28(43)44)45-35-19(18-23(30)47-29(31)34-18)24(39)33-20-25(40)38-21(27(41)42)15(13-46-26(20)38)12-37-9-4-6-16-17(37)7-11-36(16)10-5-8-32-3/h4,6-7,9,11,14,20,22,26,32H,5,8,10,12-13H2,1-3H3,(H4-,31,33,34,39,41,42,43,44)/p+1/t20?,22-,26?/m0/s1. The third-order valence-corrected chi connectivity index (χ3v) is 10.1. The summed E-state index contributed by atoms with van der Waals surface area (Å²) in [6.45, 7) is 5.16. The number of nitrogens with one attached hydrogen (secondary N) is 2. The monoisotopic (exact) mass is 705 g/mol. The molecule has 250 valence electrons. The van der Waals surface area contributed by atoms with E-state index in [1.165, 1.54) is 16.7 Å². The number of carboxylic acid groups (broad SMARTS) is 2. The molecule has 15 nitrogen and oxygen atoms in total. The van der Waals surface area contributed by atoms with E-state index < -0.39 is 52.9 Å². The highest BCUT2D eigenvalue weighted by molar-refractivity contribution is 8.00. The molecule has 0 saturated carbocycles. The average Bonchev–Trinajstić information content (AvgIpc) is 3.59. The number of hydrogen-bond donors (Lipinski definition) is 5. The number of rotatable bonds is 14. The number of fused-ring (bicyclic) bond motifs is 2. The van der Waals surface area contributed by atoms with Gasteiger partial charge in [0.25, 0.3) is 11.8 Å². The number of nitrogens with zero attached hydrogens (tertiary/aromatic N) is 5. The normalized spacial score (nSPS) is 18.7. The van der Waals surface area contributed by atoms with Gasteiger partial charge in [-0.15, -0.1) is 11.8 Å². The zero-order valence-electron chi connectivity index (χ0n) is 25.7. The van der Waals surface area contributed by atoms with Crippen molar-refractivity contribution in [3.05, 3.63) is 51.9 Å². The lowest BCUT2D eigenvalue weighted by molar-refractivity contribution is -0.663. The third-order valence-electron chi connectivity index (χ3n) is 7.69. The number of nitrogens with two attached hydrogens (primary N) is 1. The second-order valence-electron chi connectivity index (χ2n) is 11.2. The number of oxime groups is 1. The lowest BCUT2D eigenvalue weighted by Gasteiger charge is -2.49. The number of thioether (sulfide) groups is 1. The second-order valence-corrected chi connectivity index (χ2v) is 14.0. The molecule has 2 amide bonds. The Morgan fingerprint density at radius 2 is 2.06 bits per heavy atom. The Bertz CT molecular complexity index is 1790. The van der Waals surface area contributed by atoms with Crippen LogP contribution in [0, 0.1) is 5.92 Å². The Morgan fingerprint density at radius 1 is 1.30 bits per heavy atom. The summed E-state index contributed by atoms with van der Waals surface area (Å²) in [5.41, 5.74) is 7.50. The molecule has 3 atom stereocenters. The lowest BCUT2D eigenvalue weighted by Crippen LogP contribution is -2.71. The minimum absolute atomic E-state index is 0.00611. The van der Waals surface area contributed by atoms with E-state index in [4.69, 9.17) is 22.2 Å². The number of hydrogen-bond acceptors (Lipinski definition) is 11. The predicted octanol–water partition coefficient (Wildman–Crippen LogP) is 1.50. The Morgan fingerprint density at radius 3 is 2.70 bits per heavy atom. The van der Waals surface area contributed by atoms with E-state index in [2.05, 4.69) is 25.3 Å². The summed E-state index contributed by atoms with van der Waals surface area (Å²) in [4.78, 5) is 61.5. The van der Waals surface area contributed by atoms with E-state index >= 15 is 0 Å². The van der Waals surface area contributed by atoms with Crippen LogP contribution in [0.1, 0.15) is 26.0 Å². The van der Waals surface area contributed by atoms with Gasteiger partial charge in [-0.1, -0.05) is 41.9 Å². The largest absolute Gasteiger partial charge is 0.478 e. The summed E-state index contributed by atoms with van der Waals surface area (Å²) < 4.78 is 4.11. The first kappa shape index (κ1) is 34.2. The summed E-state index contributed by atoms with van der Waals surface area (Å²) in [6, 6.07) is 4.80. The number of carbonyl (C=O) groups excluding carboxylic acids is 2. The molecule has 1 saturated heterocycles. The van der Waals surface area contributed by atoms with E-state index in [1.807, 2.05) is 42.2 Å². The van der Waals surface area contributed by atoms with Crippen LogP contribution < -0.4 is 20.9 Å². The van der Waals surface area contributed by atoms with E-state index in [0.717, 1.165) is 41.9 Å². The van der Waals surface area contributed by atoms with Crippen LogP contribution >= 0.6 is 34.7 Å². The van der Waals surface area contributed by atoms with E-state index in [9.17, 15) is 29.4 Å². The molecule has 0 aromatic carbocycles. The smallest absolute Gasteiger partial charge is 0.352 e. The Hall–Kier alpha value is -4.19. The summed E-state index contributed by atoms with van der Waals surface area (Å²) in [7, 11) is 1.91. The summed E-state index contributed by atoms with van der Waals surface area (Å²) in [6.07, 6.45) is 3.44. The molecule has 3 aromatic heterocycles. The first-order valence-electron chi connectivity index (χ1n) is 14.6. The molecule has 1 fully saturated rings. The molecule has 0 spiro atoms. The predicted molar refractivity (Wildman–Crippen MR) is 176 cm³/mol. The van der Waals surface area contributed by atoms with Crippen LogP contribution in [0.15, 0.2) is 47.0 Å². The van der Waals surface area contributed by atoms with Crippen molar-refractivity contribution >= 4 is 80.3 Å². The van der Waals surface area contributed by atoms with Gasteiger partial charge in [-0.2, -0.15) is 4.57 Å². The van der Waals surface area contributed by atoms with Gasteiger partial charge in [-0.25, -0.2) is 14.6 Å². The minimum atomic E-state index is -1.38. The molecule has 2 unspecified atom stereocenters. The first-order chi connectivity index (χ1) is 22.4. The highest BCUT2D eigenvalue weighted by atomic mass is 35.5. The van der Waals surface area contributed by atoms with Gasteiger partial charge in [0.2, 0.25) is 11.6 Å². The van der Waals surface area contributed by atoms with Gasteiger partial charge in [0.15, 0.2) is 23.6 Å². The first-order valence-corrected chi connectivity index (χ1v) is 16.9. The maximum atomic E-state index is 13.5. The number of anilines is 1. The molecule has 0 aliphatic carbocycles. The molecule has 0 bridgehead atoms. The molecule has 5 heterocycles. The maximum absolute atomic E-state index is 13.5. The van der Waals surface area contributed by atoms with Crippen LogP contribution in [0.25, 0.3) is 11.0 Å². The number of nitrogen functional groups attached to an aromatic ring is 1. The Balaban J connectivity index is 1.37. The SMILES string of the molecule is CNCCCn1ccc2c1ccc[n+]2CC1=C(C(=O)O)N2C(=O)C(NC(=O)C(=NO[C@H](C(=O)O)C(C)C)c3nc(N)sc3Cl)C2SC1. The van der Waals surface area contributed by atoms with Crippen molar-refractivity contribution in [2.24, 2.45) is 11.1 Å². The number of carbonyl (C=O) groups is 4. The fraction of sp³-hybridized carbons (Fsp3) is 0.414. The Labute approximate surface area is 282 Å². The van der Waals surface area contributed by atoms with Crippen LogP contribution in [0.3, 0.4) is 0 Å². The molecule has 0 radical (unpaired) electrons. The van der Waals surface area contributed by atoms with Crippen LogP contribution in [0.5, 0.6) is 0 Å². The molecular formula is C29H34ClN8O7S2+. The van der Waals surface area contributed by atoms with Gasteiger partial charge < -0.3 is 36.0 Å². The van der Waals surface area contributed by atoms with Crippen LogP contribution in [0.4, 0.5) is 5.13 Å². The summed E-state index contributed by atoms with van der Waals surface area (Å²) in [5.74, 6) is -4.30. The van der Waals surface area contributed by atoms with Gasteiger partial charge in [0.05, 0.1) is 0 Å². The molecular weight excluding hydrogens is 672 g/mol. The number of halogens is 1. The van der Waals surface area contributed by atoms with Crippen molar-refractivity contribution in [3.63, 3.8) is 0 Å². The molecule has 18 heteroatoms. The van der Waals surface area contributed by atoms with Gasteiger partial charge in [-0.05, 0) is 26.1 Å². The molecule has 5 rings (SSSR count). The minimum Gasteiger partial charge on any atom is -0.478 e. The van der Waals surface area contributed by atoms with Crippen molar-refractivity contribution in [2.75, 3.05) is 25.1 Å². The quantitative estimate of drug-likeness (QED) is 0.0534. The van der Waals surface area contributed by atoms with Gasteiger partial charge in [0, 0.05) is 42.1 Å². The lowest BCUT2D eigenvalue weighted by atomic mass is 10.0. The Kier molecular flexibility index (Phi) is 10.4. The van der Waals surface area contributed by atoms with Crippen molar-refractivity contribution in [1.82, 2.24) is 25.1 Å². The number of carboxylic acids is 2. The van der Waals surface area contributed by atoms with Crippen molar-refractivity contribution in [3.8, 4) is 0 Å². The van der Waals surface area contributed by atoms with E-state index in [1.54, 1.807) is 13.8 Å². The average molecular weight is 706 g/mol. The highest BCUT2D eigenvalue weighted by Crippen LogP contribution is 2.40. The van der Waals surface area contributed by atoms with E-state index in [0.29, 0.717) is 11.3 Å². The number of aliphatic carboxylic acids is 2. The van der Waals surface area contributed by atoms with Gasteiger partial charge in [0.1, 0.15) is 32.7 Å². The number of β-lactam (4-membered cyclic amide) rings is 1. The fourth-order valence-electron chi connectivity index (χ4n) is 5.41. The van der Waals surface area contributed by atoms with Crippen molar-refractivity contribution in [2.45, 2.75) is 50.9 Å². The summed E-state index contributed by atoms with van der Waals surface area (Å²) in [5, 5.41) is 28.5. The van der Waals surface area contributed by atoms with Crippen LogP contribution in [-0.4, -0.2) is 91.0 Å². The number of aromatic nitrogens is 3. The molecule has 2 aliphatic heterocycles. The molecule has 6 N–H and O–H groups in total. The number of amides is 2. The van der Waals surface area contributed by atoms with Crippen LogP contribution in [0.2, 0.25) is 4.34 Å². The molecule has 3 aromatic rings. The van der Waals surface area contributed by atoms with Crippen LogP contribution in [-0.2, 0) is 37.1 Å². The van der Waals surface area contributed by atoms with Crippen molar-refractivity contribution in [1.29, 1.82) is 0 Å². The van der Waals surface area contributed by atoms with Gasteiger partial charge >= 0.3 is 11.9 Å². The van der Waals surface area contributed by atoms with Crippen molar-refractivity contribution < 1.29 is 38.8 Å². The number of aryl methyl sites for hydroxylation is 1. The van der Waals surface area contributed by atoms with Gasteiger partial charge in [-0.3, -0.25) is 14.5 Å². The number of thiazole rings is 1. The summed E-state index contributed by atoms with van der Waals surface area (Å²) >= 11 is 8.43. The fourth-order valence-corrected chi connectivity index (χ4v) is 7.68. The highest BCUT2D eigenvalue weighted by Gasteiger charge is 2.55. The third kappa shape index (κ3) is 6.93. The maximum Gasteiger partial charge on any atom is 0.352 e.